The van der Waals surface area contributed by atoms with Gasteiger partial charge in [-0.05, 0) is 25.0 Å². The zero-order valence-electron chi connectivity index (χ0n) is 7.09. The molecule has 0 atom stereocenters. The van der Waals surface area contributed by atoms with E-state index < -0.39 is 0 Å². The molecule has 1 aliphatic rings. The molecular weight excluding hydrogens is 186 g/mol. The molecule has 68 valence electrons. The normalized spacial score (nSPS) is 15.5. The Morgan fingerprint density at radius 1 is 1.38 bits per heavy atom. The van der Waals surface area contributed by atoms with Crippen molar-refractivity contribution >= 4 is 17.5 Å². The lowest BCUT2D eigenvalue weighted by molar-refractivity contribution is 0.0951. The van der Waals surface area contributed by atoms with Gasteiger partial charge < -0.3 is 5.32 Å². The lowest BCUT2D eigenvalue weighted by atomic mass is 10.2. The quantitative estimate of drug-likeness (QED) is 0.771. The number of hydrogen-bond donors (Lipinski definition) is 1. The fourth-order valence-electron chi connectivity index (χ4n) is 1.14. The van der Waals surface area contributed by atoms with Crippen molar-refractivity contribution < 1.29 is 4.79 Å². The molecule has 2 nitrogen and oxygen atoms in total. The lowest BCUT2D eigenvalue weighted by Gasteiger charge is -2.03. The SMILES string of the molecule is O=C(NC1CC1)c1ccccc1Cl. The van der Waals surface area contributed by atoms with Crippen LogP contribution in [0.1, 0.15) is 23.2 Å². The Labute approximate surface area is 81.9 Å². The molecule has 0 unspecified atom stereocenters. The monoisotopic (exact) mass is 195 g/mol. The standard InChI is InChI=1S/C10H10ClNO/c11-9-4-2-1-3-8(9)10(13)12-7-5-6-7/h1-4,7H,5-6H2,(H,12,13). The van der Waals surface area contributed by atoms with Crippen molar-refractivity contribution in [3.63, 3.8) is 0 Å². The minimum atomic E-state index is -0.0619. The zero-order chi connectivity index (χ0) is 9.26. The summed E-state index contributed by atoms with van der Waals surface area (Å²) in [5.41, 5.74) is 0.566. The van der Waals surface area contributed by atoms with Crippen LogP contribution in [0.4, 0.5) is 0 Å². The molecule has 0 bridgehead atoms. The second kappa shape index (κ2) is 3.38. The van der Waals surface area contributed by atoms with E-state index in [0.717, 1.165) is 12.8 Å². The maximum atomic E-state index is 11.5. The topological polar surface area (TPSA) is 29.1 Å². The van der Waals surface area contributed by atoms with Crippen LogP contribution in [0.3, 0.4) is 0 Å². The van der Waals surface area contributed by atoms with Gasteiger partial charge in [-0.15, -0.1) is 0 Å². The first-order valence-electron chi connectivity index (χ1n) is 4.33. The Bertz CT molecular complexity index is 333. The van der Waals surface area contributed by atoms with Crippen molar-refractivity contribution in [1.29, 1.82) is 0 Å². The van der Waals surface area contributed by atoms with Gasteiger partial charge >= 0.3 is 0 Å². The summed E-state index contributed by atoms with van der Waals surface area (Å²) in [6.07, 6.45) is 2.19. The van der Waals surface area contributed by atoms with Crippen molar-refractivity contribution in [1.82, 2.24) is 5.32 Å². The van der Waals surface area contributed by atoms with Gasteiger partial charge in [0.25, 0.3) is 5.91 Å². The van der Waals surface area contributed by atoms with E-state index >= 15 is 0 Å². The van der Waals surface area contributed by atoms with Gasteiger partial charge in [0.1, 0.15) is 0 Å². The van der Waals surface area contributed by atoms with Crippen LogP contribution in [0.15, 0.2) is 24.3 Å². The predicted molar refractivity (Wildman–Crippen MR) is 51.9 cm³/mol. The second-order valence-corrected chi connectivity index (χ2v) is 3.63. The van der Waals surface area contributed by atoms with Crippen LogP contribution >= 0.6 is 11.6 Å². The molecule has 0 saturated heterocycles. The van der Waals surface area contributed by atoms with Crippen molar-refractivity contribution in [2.75, 3.05) is 0 Å². The Morgan fingerprint density at radius 3 is 2.69 bits per heavy atom. The maximum absolute atomic E-state index is 11.5. The minimum Gasteiger partial charge on any atom is -0.349 e. The number of benzene rings is 1. The van der Waals surface area contributed by atoms with Gasteiger partial charge in [-0.3, -0.25) is 4.79 Å². The number of hydrogen-bond acceptors (Lipinski definition) is 1. The number of halogens is 1. The molecule has 1 saturated carbocycles. The molecule has 0 aliphatic heterocycles. The van der Waals surface area contributed by atoms with Gasteiger partial charge in [-0.1, -0.05) is 23.7 Å². The average Bonchev–Trinajstić information content (AvgIpc) is 2.89. The summed E-state index contributed by atoms with van der Waals surface area (Å²) in [6.45, 7) is 0. The second-order valence-electron chi connectivity index (χ2n) is 3.23. The van der Waals surface area contributed by atoms with Crippen LogP contribution in [0.2, 0.25) is 5.02 Å². The van der Waals surface area contributed by atoms with E-state index in [9.17, 15) is 4.79 Å². The zero-order valence-corrected chi connectivity index (χ0v) is 7.84. The number of nitrogens with one attached hydrogen (secondary N) is 1. The highest BCUT2D eigenvalue weighted by atomic mass is 35.5. The summed E-state index contributed by atoms with van der Waals surface area (Å²) in [5.74, 6) is -0.0619. The molecule has 0 spiro atoms. The van der Waals surface area contributed by atoms with Crippen LogP contribution in [-0.4, -0.2) is 11.9 Å². The highest BCUT2D eigenvalue weighted by Gasteiger charge is 2.24. The van der Waals surface area contributed by atoms with Crippen molar-refractivity contribution in [3.05, 3.63) is 34.9 Å². The average molecular weight is 196 g/mol. The molecule has 1 fully saturated rings. The molecule has 1 aromatic rings. The fourth-order valence-corrected chi connectivity index (χ4v) is 1.36. The predicted octanol–water partition coefficient (Wildman–Crippen LogP) is 2.23. The van der Waals surface area contributed by atoms with Crippen LogP contribution in [0, 0.1) is 0 Å². The molecule has 0 radical (unpaired) electrons. The van der Waals surface area contributed by atoms with E-state index in [4.69, 9.17) is 11.6 Å². The summed E-state index contributed by atoms with van der Waals surface area (Å²) < 4.78 is 0. The first-order valence-corrected chi connectivity index (χ1v) is 4.70. The molecule has 1 N–H and O–H groups in total. The Kier molecular flexibility index (Phi) is 2.23. The molecule has 1 aliphatic carbocycles. The smallest absolute Gasteiger partial charge is 0.253 e. The van der Waals surface area contributed by atoms with Crippen LogP contribution in [-0.2, 0) is 0 Å². The number of carbonyl (C=O) groups excluding carboxylic acids is 1. The fraction of sp³-hybridized carbons (Fsp3) is 0.300. The summed E-state index contributed by atoms with van der Waals surface area (Å²) in [7, 11) is 0. The van der Waals surface area contributed by atoms with E-state index in [1.165, 1.54) is 0 Å². The van der Waals surface area contributed by atoms with E-state index in [-0.39, 0.29) is 5.91 Å². The van der Waals surface area contributed by atoms with Gasteiger partial charge in [0.05, 0.1) is 10.6 Å². The molecule has 0 aromatic heterocycles. The van der Waals surface area contributed by atoms with E-state index in [0.29, 0.717) is 16.6 Å². The van der Waals surface area contributed by atoms with Gasteiger partial charge in [0.15, 0.2) is 0 Å². The van der Waals surface area contributed by atoms with Crippen LogP contribution in [0.5, 0.6) is 0 Å². The first-order chi connectivity index (χ1) is 6.27. The molecule has 3 heteroatoms. The maximum Gasteiger partial charge on any atom is 0.253 e. The van der Waals surface area contributed by atoms with E-state index in [2.05, 4.69) is 5.32 Å². The van der Waals surface area contributed by atoms with Gasteiger partial charge in [-0.2, -0.15) is 0 Å². The highest BCUT2D eigenvalue weighted by Crippen LogP contribution is 2.21. The Hall–Kier alpha value is -1.02. The van der Waals surface area contributed by atoms with Crippen molar-refractivity contribution in [2.24, 2.45) is 0 Å². The third kappa shape index (κ3) is 2.01. The van der Waals surface area contributed by atoms with Gasteiger partial charge in [0.2, 0.25) is 0 Å². The van der Waals surface area contributed by atoms with Gasteiger partial charge in [0, 0.05) is 6.04 Å². The Balaban J connectivity index is 2.13. The van der Waals surface area contributed by atoms with Crippen molar-refractivity contribution in [2.45, 2.75) is 18.9 Å². The molecule has 13 heavy (non-hydrogen) atoms. The third-order valence-electron chi connectivity index (χ3n) is 2.03. The minimum absolute atomic E-state index is 0.0619. The highest BCUT2D eigenvalue weighted by molar-refractivity contribution is 6.33. The molecule has 2 rings (SSSR count). The summed E-state index contributed by atoms with van der Waals surface area (Å²) in [5, 5.41) is 3.40. The number of rotatable bonds is 2. The van der Waals surface area contributed by atoms with Gasteiger partial charge in [-0.25, -0.2) is 0 Å². The first kappa shape index (κ1) is 8.57. The molecule has 1 aromatic carbocycles. The van der Waals surface area contributed by atoms with Crippen LogP contribution in [0.25, 0.3) is 0 Å². The Morgan fingerprint density at radius 2 is 2.08 bits per heavy atom. The van der Waals surface area contributed by atoms with Crippen LogP contribution < -0.4 is 5.32 Å². The number of carbonyl (C=O) groups is 1. The van der Waals surface area contributed by atoms with E-state index in [1.54, 1.807) is 12.1 Å². The lowest BCUT2D eigenvalue weighted by Crippen LogP contribution is -2.25. The summed E-state index contributed by atoms with van der Waals surface area (Å²) in [4.78, 5) is 11.5. The molecule has 1 amide bonds. The summed E-state index contributed by atoms with van der Waals surface area (Å²) >= 11 is 5.86. The summed E-state index contributed by atoms with van der Waals surface area (Å²) in [6, 6.07) is 7.47. The number of amides is 1. The van der Waals surface area contributed by atoms with E-state index in [1.807, 2.05) is 12.1 Å². The molecule has 0 heterocycles. The molecular formula is C10H10ClNO. The third-order valence-corrected chi connectivity index (χ3v) is 2.36. The largest absolute Gasteiger partial charge is 0.349 e. The van der Waals surface area contributed by atoms with Crippen molar-refractivity contribution in [3.8, 4) is 0 Å².